The molecular formula is C17H25FN4O2. The van der Waals surface area contributed by atoms with E-state index in [9.17, 15) is 9.18 Å². The predicted molar refractivity (Wildman–Crippen MR) is 91.5 cm³/mol. The van der Waals surface area contributed by atoms with Gasteiger partial charge in [-0.3, -0.25) is 4.79 Å². The van der Waals surface area contributed by atoms with Crippen molar-refractivity contribution >= 4 is 11.9 Å². The standard InChI is InChI=1S/C17H25FN4O2/c1-3-19-17(21-9-8-20-16(23)13-5-6-13)22-11-12-4-7-15(24-2)14(18)10-12/h4,7,10,13H,3,5-6,8-9,11H2,1-2H3,(H,20,23)(H2,19,21,22). The zero-order chi connectivity index (χ0) is 17.4. The highest BCUT2D eigenvalue weighted by Crippen LogP contribution is 2.28. The fourth-order valence-corrected chi connectivity index (χ4v) is 2.18. The van der Waals surface area contributed by atoms with Crippen LogP contribution >= 0.6 is 0 Å². The van der Waals surface area contributed by atoms with Crippen LogP contribution in [0.3, 0.4) is 0 Å². The van der Waals surface area contributed by atoms with Gasteiger partial charge in [0.15, 0.2) is 17.5 Å². The van der Waals surface area contributed by atoms with Crippen LogP contribution in [0.4, 0.5) is 4.39 Å². The second-order valence-corrected chi connectivity index (χ2v) is 5.66. The van der Waals surface area contributed by atoms with Gasteiger partial charge in [-0.1, -0.05) is 6.07 Å². The molecule has 7 heteroatoms. The highest BCUT2D eigenvalue weighted by molar-refractivity contribution is 5.81. The fourth-order valence-electron chi connectivity index (χ4n) is 2.18. The number of hydrogen-bond acceptors (Lipinski definition) is 3. The monoisotopic (exact) mass is 336 g/mol. The molecule has 1 aliphatic carbocycles. The first-order chi connectivity index (χ1) is 11.6. The van der Waals surface area contributed by atoms with Gasteiger partial charge in [0, 0.05) is 25.6 Å². The van der Waals surface area contributed by atoms with Gasteiger partial charge < -0.3 is 20.7 Å². The molecule has 0 atom stereocenters. The first-order valence-electron chi connectivity index (χ1n) is 8.26. The number of ether oxygens (including phenoxy) is 1. The molecule has 2 rings (SSSR count). The van der Waals surface area contributed by atoms with E-state index in [1.54, 1.807) is 12.1 Å². The Morgan fingerprint density at radius 1 is 1.29 bits per heavy atom. The fraction of sp³-hybridized carbons (Fsp3) is 0.529. The molecule has 3 N–H and O–H groups in total. The molecule has 0 bridgehead atoms. The number of halogens is 1. The van der Waals surface area contributed by atoms with E-state index >= 15 is 0 Å². The molecule has 0 radical (unpaired) electrons. The number of nitrogens with one attached hydrogen (secondary N) is 3. The van der Waals surface area contributed by atoms with Crippen molar-refractivity contribution in [2.24, 2.45) is 10.9 Å². The van der Waals surface area contributed by atoms with E-state index < -0.39 is 5.82 Å². The van der Waals surface area contributed by atoms with Crippen molar-refractivity contribution in [3.63, 3.8) is 0 Å². The number of rotatable bonds is 8. The summed E-state index contributed by atoms with van der Waals surface area (Å²) in [6, 6.07) is 4.79. The van der Waals surface area contributed by atoms with Gasteiger partial charge >= 0.3 is 0 Å². The summed E-state index contributed by atoms with van der Waals surface area (Å²) >= 11 is 0. The molecule has 1 fully saturated rings. The average Bonchev–Trinajstić information content (AvgIpc) is 3.41. The quantitative estimate of drug-likeness (QED) is 0.381. The number of aliphatic imine (C=N–C) groups is 1. The lowest BCUT2D eigenvalue weighted by Crippen LogP contribution is -2.41. The van der Waals surface area contributed by atoms with Crippen molar-refractivity contribution < 1.29 is 13.9 Å². The summed E-state index contributed by atoms with van der Waals surface area (Å²) in [6.45, 7) is 4.18. The minimum Gasteiger partial charge on any atom is -0.494 e. The third kappa shape index (κ3) is 5.72. The van der Waals surface area contributed by atoms with Gasteiger partial charge in [-0.05, 0) is 37.5 Å². The van der Waals surface area contributed by atoms with Crippen molar-refractivity contribution in [2.75, 3.05) is 26.7 Å². The van der Waals surface area contributed by atoms with Crippen LogP contribution < -0.4 is 20.7 Å². The molecule has 0 heterocycles. The molecule has 1 aromatic carbocycles. The van der Waals surface area contributed by atoms with Gasteiger partial charge in [-0.2, -0.15) is 0 Å². The Balaban J connectivity index is 1.80. The Morgan fingerprint density at radius 3 is 2.67 bits per heavy atom. The molecule has 1 amide bonds. The summed E-state index contributed by atoms with van der Waals surface area (Å²) in [4.78, 5) is 16.0. The molecule has 132 valence electrons. The maximum atomic E-state index is 13.7. The summed E-state index contributed by atoms with van der Waals surface area (Å²) in [7, 11) is 1.44. The summed E-state index contributed by atoms with van der Waals surface area (Å²) in [5, 5.41) is 9.16. The number of benzene rings is 1. The zero-order valence-corrected chi connectivity index (χ0v) is 14.2. The van der Waals surface area contributed by atoms with Crippen molar-refractivity contribution in [1.82, 2.24) is 16.0 Å². The minimum absolute atomic E-state index is 0.132. The molecule has 1 aliphatic rings. The Bertz CT molecular complexity index is 588. The van der Waals surface area contributed by atoms with E-state index in [-0.39, 0.29) is 17.6 Å². The van der Waals surface area contributed by atoms with Gasteiger partial charge in [-0.25, -0.2) is 9.38 Å². The topological polar surface area (TPSA) is 74.8 Å². The van der Waals surface area contributed by atoms with Crippen molar-refractivity contribution in [3.8, 4) is 5.75 Å². The summed E-state index contributed by atoms with van der Waals surface area (Å²) in [5.41, 5.74) is 0.757. The molecule has 0 saturated heterocycles. The van der Waals surface area contributed by atoms with Crippen LogP contribution in [0.2, 0.25) is 0 Å². The summed E-state index contributed by atoms with van der Waals surface area (Å²) < 4.78 is 18.6. The first-order valence-corrected chi connectivity index (χ1v) is 8.26. The number of carbonyl (C=O) groups is 1. The van der Waals surface area contributed by atoms with E-state index in [4.69, 9.17) is 4.74 Å². The van der Waals surface area contributed by atoms with E-state index in [1.807, 2.05) is 6.92 Å². The number of methoxy groups -OCH3 is 1. The number of guanidine groups is 1. The molecule has 0 spiro atoms. The van der Waals surface area contributed by atoms with Crippen LogP contribution in [-0.2, 0) is 11.3 Å². The molecule has 1 saturated carbocycles. The number of carbonyl (C=O) groups excluding carboxylic acids is 1. The van der Waals surface area contributed by atoms with E-state index in [0.29, 0.717) is 25.6 Å². The molecule has 24 heavy (non-hydrogen) atoms. The van der Waals surface area contributed by atoms with Crippen LogP contribution in [0, 0.1) is 11.7 Å². The SMILES string of the molecule is CCNC(=NCc1ccc(OC)c(F)c1)NCCNC(=O)C1CC1. The van der Waals surface area contributed by atoms with E-state index in [2.05, 4.69) is 20.9 Å². The normalized spacial score (nSPS) is 14.2. The largest absolute Gasteiger partial charge is 0.494 e. The van der Waals surface area contributed by atoms with Gasteiger partial charge in [-0.15, -0.1) is 0 Å². The second-order valence-electron chi connectivity index (χ2n) is 5.66. The van der Waals surface area contributed by atoms with Crippen LogP contribution in [0.25, 0.3) is 0 Å². The Labute approximate surface area is 141 Å². The predicted octanol–water partition coefficient (Wildman–Crippen LogP) is 1.42. The van der Waals surface area contributed by atoms with Gasteiger partial charge in [0.1, 0.15) is 0 Å². The van der Waals surface area contributed by atoms with Gasteiger partial charge in [0.05, 0.1) is 13.7 Å². The third-order valence-corrected chi connectivity index (χ3v) is 3.64. The number of hydrogen-bond donors (Lipinski definition) is 3. The van der Waals surface area contributed by atoms with Crippen LogP contribution in [0.15, 0.2) is 23.2 Å². The van der Waals surface area contributed by atoms with Crippen LogP contribution in [0.5, 0.6) is 5.75 Å². The lowest BCUT2D eigenvalue weighted by molar-refractivity contribution is -0.122. The molecule has 6 nitrogen and oxygen atoms in total. The Morgan fingerprint density at radius 2 is 2.04 bits per heavy atom. The van der Waals surface area contributed by atoms with Gasteiger partial charge in [0.2, 0.25) is 5.91 Å². The maximum absolute atomic E-state index is 13.7. The van der Waals surface area contributed by atoms with E-state index in [1.165, 1.54) is 13.2 Å². The van der Waals surface area contributed by atoms with Crippen molar-refractivity contribution in [1.29, 1.82) is 0 Å². The first kappa shape index (κ1) is 18.0. The summed E-state index contributed by atoms with van der Waals surface area (Å²) in [5.74, 6) is 0.809. The maximum Gasteiger partial charge on any atom is 0.223 e. The minimum atomic E-state index is -0.397. The molecule has 0 aliphatic heterocycles. The molecule has 0 aromatic heterocycles. The highest BCUT2D eigenvalue weighted by Gasteiger charge is 2.28. The number of amides is 1. The zero-order valence-electron chi connectivity index (χ0n) is 14.2. The smallest absolute Gasteiger partial charge is 0.223 e. The average molecular weight is 336 g/mol. The van der Waals surface area contributed by atoms with E-state index in [0.717, 1.165) is 24.9 Å². The molecule has 0 unspecified atom stereocenters. The second kappa shape index (κ2) is 9.10. The lowest BCUT2D eigenvalue weighted by Gasteiger charge is -2.12. The van der Waals surface area contributed by atoms with Crippen molar-refractivity contribution in [3.05, 3.63) is 29.6 Å². The molecular weight excluding hydrogens is 311 g/mol. The van der Waals surface area contributed by atoms with Gasteiger partial charge in [0.25, 0.3) is 0 Å². The summed E-state index contributed by atoms with van der Waals surface area (Å²) in [6.07, 6.45) is 2.00. The lowest BCUT2D eigenvalue weighted by atomic mass is 10.2. The Kier molecular flexibility index (Phi) is 6.84. The van der Waals surface area contributed by atoms with Crippen LogP contribution in [-0.4, -0.2) is 38.6 Å². The molecule has 1 aromatic rings. The Hall–Kier alpha value is -2.31. The van der Waals surface area contributed by atoms with Crippen molar-refractivity contribution in [2.45, 2.75) is 26.3 Å². The number of nitrogens with zero attached hydrogens (tertiary/aromatic N) is 1. The third-order valence-electron chi connectivity index (χ3n) is 3.64. The van der Waals surface area contributed by atoms with Crippen LogP contribution in [0.1, 0.15) is 25.3 Å². The highest BCUT2D eigenvalue weighted by atomic mass is 19.1.